The van der Waals surface area contributed by atoms with Gasteiger partial charge >= 0.3 is 0 Å². The molecular weight excluding hydrogens is 208 g/mol. The van der Waals surface area contributed by atoms with Gasteiger partial charge in [0.05, 0.1) is 0 Å². The molecule has 0 aromatic rings. The van der Waals surface area contributed by atoms with Crippen molar-refractivity contribution in [1.29, 1.82) is 0 Å². The quantitative estimate of drug-likeness (QED) is 0.713. The monoisotopic (exact) mass is 236 g/mol. The molecule has 1 heterocycles. The number of hydrogen-bond acceptors (Lipinski definition) is 2. The summed E-state index contributed by atoms with van der Waals surface area (Å²) in [5.41, 5.74) is 1.29. The smallest absolute Gasteiger partial charge is 0.0107 e. The average molecular weight is 236 g/mol. The molecule has 1 aliphatic heterocycles. The van der Waals surface area contributed by atoms with Gasteiger partial charge in [-0.1, -0.05) is 45.2 Å². The molecular formula is C15H28N2. The third-order valence-corrected chi connectivity index (χ3v) is 2.74. The van der Waals surface area contributed by atoms with Gasteiger partial charge in [-0.25, -0.2) is 0 Å². The molecule has 1 N–H and O–H groups in total. The summed E-state index contributed by atoms with van der Waals surface area (Å²) in [6, 6.07) is 0. The van der Waals surface area contributed by atoms with Crippen LogP contribution >= 0.6 is 0 Å². The molecule has 0 atom stereocenters. The van der Waals surface area contributed by atoms with Gasteiger partial charge in [0.1, 0.15) is 0 Å². The summed E-state index contributed by atoms with van der Waals surface area (Å²) < 4.78 is 0. The van der Waals surface area contributed by atoms with E-state index >= 15 is 0 Å². The zero-order valence-corrected chi connectivity index (χ0v) is 11.5. The summed E-state index contributed by atoms with van der Waals surface area (Å²) in [7, 11) is 0. The minimum absolute atomic E-state index is 1.11. The highest BCUT2D eigenvalue weighted by atomic mass is 15.2. The lowest BCUT2D eigenvalue weighted by molar-refractivity contribution is 0.239. The Hall–Kier alpha value is -0.860. The molecule has 1 rings (SSSR count). The highest BCUT2D eigenvalue weighted by molar-refractivity contribution is 5.20. The highest BCUT2D eigenvalue weighted by Gasteiger charge is 2.08. The maximum absolute atomic E-state index is 3.81. The van der Waals surface area contributed by atoms with Gasteiger partial charge in [0, 0.05) is 26.2 Å². The first kappa shape index (κ1) is 16.1. The fraction of sp³-hybridized carbons (Fsp3) is 0.600. The molecule has 1 saturated heterocycles. The van der Waals surface area contributed by atoms with Crippen LogP contribution < -0.4 is 5.32 Å². The van der Waals surface area contributed by atoms with Gasteiger partial charge in [0.15, 0.2) is 0 Å². The number of nitrogens with zero attached hydrogens (tertiary/aromatic N) is 1. The van der Waals surface area contributed by atoms with Crippen molar-refractivity contribution in [2.75, 3.05) is 32.7 Å². The zero-order chi connectivity index (χ0) is 12.9. The molecule has 0 aromatic carbocycles. The van der Waals surface area contributed by atoms with Crippen LogP contribution in [0.3, 0.4) is 0 Å². The Balaban J connectivity index is 0.00000121. The summed E-state index contributed by atoms with van der Waals surface area (Å²) >= 11 is 0. The van der Waals surface area contributed by atoms with Crippen LogP contribution in [0.15, 0.2) is 37.0 Å². The van der Waals surface area contributed by atoms with Crippen LogP contribution in [0, 0.1) is 0 Å². The van der Waals surface area contributed by atoms with Crippen molar-refractivity contribution in [3.05, 3.63) is 37.0 Å². The predicted octanol–water partition coefficient (Wildman–Crippen LogP) is 3.00. The molecule has 0 saturated carbocycles. The molecule has 0 bridgehead atoms. The molecule has 0 aliphatic carbocycles. The fourth-order valence-electron chi connectivity index (χ4n) is 1.85. The second-order valence-corrected chi connectivity index (χ2v) is 3.88. The molecule has 2 heteroatoms. The van der Waals surface area contributed by atoms with Gasteiger partial charge < -0.3 is 10.2 Å². The van der Waals surface area contributed by atoms with Gasteiger partial charge in [-0.05, 0) is 25.0 Å². The van der Waals surface area contributed by atoms with Crippen LogP contribution in [-0.4, -0.2) is 37.6 Å². The molecule has 0 unspecified atom stereocenters. The van der Waals surface area contributed by atoms with Gasteiger partial charge in [0.2, 0.25) is 0 Å². The van der Waals surface area contributed by atoms with Gasteiger partial charge in [-0.3, -0.25) is 0 Å². The van der Waals surface area contributed by atoms with E-state index in [1.54, 1.807) is 0 Å². The van der Waals surface area contributed by atoms with E-state index < -0.39 is 0 Å². The van der Waals surface area contributed by atoms with Crippen LogP contribution in [0.2, 0.25) is 0 Å². The van der Waals surface area contributed by atoms with Crippen LogP contribution in [0.4, 0.5) is 0 Å². The van der Waals surface area contributed by atoms with Gasteiger partial charge in [-0.15, -0.1) is 0 Å². The van der Waals surface area contributed by atoms with Crippen molar-refractivity contribution in [3.8, 4) is 0 Å². The molecule has 0 radical (unpaired) electrons. The van der Waals surface area contributed by atoms with Crippen LogP contribution in [0.5, 0.6) is 0 Å². The van der Waals surface area contributed by atoms with Gasteiger partial charge in [-0.2, -0.15) is 0 Å². The number of hydrogen-bond donors (Lipinski definition) is 1. The summed E-state index contributed by atoms with van der Waals surface area (Å²) in [5, 5.41) is 3.36. The third kappa shape index (κ3) is 7.94. The van der Waals surface area contributed by atoms with Crippen molar-refractivity contribution < 1.29 is 0 Å². The molecule has 1 fully saturated rings. The van der Waals surface area contributed by atoms with Crippen molar-refractivity contribution >= 4 is 0 Å². The first-order valence-electron chi connectivity index (χ1n) is 6.74. The summed E-state index contributed by atoms with van der Waals surface area (Å²) in [5.74, 6) is 0. The van der Waals surface area contributed by atoms with E-state index in [1.807, 2.05) is 32.1 Å². The van der Waals surface area contributed by atoms with Crippen molar-refractivity contribution in [2.24, 2.45) is 0 Å². The largest absolute Gasteiger partial charge is 0.314 e. The van der Waals surface area contributed by atoms with E-state index in [9.17, 15) is 0 Å². The van der Waals surface area contributed by atoms with Gasteiger partial charge in [0.25, 0.3) is 0 Å². The molecule has 2 nitrogen and oxygen atoms in total. The van der Waals surface area contributed by atoms with E-state index in [2.05, 4.69) is 23.4 Å². The van der Waals surface area contributed by atoms with Crippen LogP contribution in [-0.2, 0) is 0 Å². The SMILES string of the molecule is C=C/C=C(\C=C)CCCN1CCNCC1.CC. The Morgan fingerprint density at radius 2 is 1.88 bits per heavy atom. The summed E-state index contributed by atoms with van der Waals surface area (Å²) in [6.07, 6.45) is 8.14. The molecule has 1 aliphatic rings. The number of piperazine rings is 1. The predicted molar refractivity (Wildman–Crippen MR) is 78.4 cm³/mol. The van der Waals surface area contributed by atoms with Crippen molar-refractivity contribution in [2.45, 2.75) is 26.7 Å². The first-order valence-corrected chi connectivity index (χ1v) is 6.74. The fourth-order valence-corrected chi connectivity index (χ4v) is 1.85. The summed E-state index contributed by atoms with van der Waals surface area (Å²) in [4.78, 5) is 2.52. The van der Waals surface area contributed by atoms with E-state index in [0.29, 0.717) is 0 Å². The second kappa shape index (κ2) is 11.6. The normalized spacial score (nSPS) is 16.9. The number of nitrogens with one attached hydrogen (secondary N) is 1. The Bertz CT molecular complexity index is 225. The average Bonchev–Trinajstić information content (AvgIpc) is 2.41. The lowest BCUT2D eigenvalue weighted by Crippen LogP contribution is -2.43. The van der Waals surface area contributed by atoms with E-state index in [0.717, 1.165) is 19.5 Å². The lowest BCUT2D eigenvalue weighted by Gasteiger charge is -2.27. The standard InChI is InChI=1S/C13H22N2.C2H6/c1-3-6-13(4-2)7-5-10-15-11-8-14-9-12-15;1-2/h3-4,6,14H,1-2,5,7-12H2;1-2H3/b13-6+;. The zero-order valence-electron chi connectivity index (χ0n) is 11.5. The Morgan fingerprint density at radius 1 is 1.24 bits per heavy atom. The van der Waals surface area contributed by atoms with E-state index in [1.165, 1.54) is 31.6 Å². The molecule has 17 heavy (non-hydrogen) atoms. The Morgan fingerprint density at radius 3 is 2.41 bits per heavy atom. The molecule has 98 valence electrons. The number of rotatable bonds is 6. The Kier molecular flexibility index (Phi) is 11.0. The van der Waals surface area contributed by atoms with Crippen LogP contribution in [0.25, 0.3) is 0 Å². The van der Waals surface area contributed by atoms with E-state index in [-0.39, 0.29) is 0 Å². The minimum atomic E-state index is 1.11. The Labute approximate surface area is 107 Å². The topological polar surface area (TPSA) is 15.3 Å². The lowest BCUT2D eigenvalue weighted by atomic mass is 10.1. The van der Waals surface area contributed by atoms with Crippen molar-refractivity contribution in [1.82, 2.24) is 10.2 Å². The number of allylic oxidation sites excluding steroid dienone is 4. The van der Waals surface area contributed by atoms with E-state index in [4.69, 9.17) is 0 Å². The maximum Gasteiger partial charge on any atom is 0.0107 e. The molecule has 0 amide bonds. The minimum Gasteiger partial charge on any atom is -0.314 e. The maximum atomic E-state index is 3.81. The third-order valence-electron chi connectivity index (χ3n) is 2.74. The van der Waals surface area contributed by atoms with Crippen molar-refractivity contribution in [3.63, 3.8) is 0 Å². The first-order chi connectivity index (χ1) is 8.36. The van der Waals surface area contributed by atoms with Crippen LogP contribution in [0.1, 0.15) is 26.7 Å². The molecule has 0 spiro atoms. The summed E-state index contributed by atoms with van der Waals surface area (Å²) in [6.45, 7) is 17.4. The molecule has 0 aromatic heterocycles. The second-order valence-electron chi connectivity index (χ2n) is 3.88. The highest BCUT2D eigenvalue weighted by Crippen LogP contribution is 2.07.